The van der Waals surface area contributed by atoms with Crippen molar-refractivity contribution < 1.29 is 22.7 Å². The summed E-state index contributed by atoms with van der Waals surface area (Å²) in [5, 5.41) is 2.80. The molecule has 0 aromatic heterocycles. The SMILES string of the molecule is CCOc1cccc(NC(=O)[C@@H]2CN(S(=O)(=O)c3ccc(C)cc3)c3ccccc3O2)c1. The first-order valence-electron chi connectivity index (χ1n) is 10.3. The van der Waals surface area contributed by atoms with E-state index in [2.05, 4.69) is 5.32 Å². The van der Waals surface area contributed by atoms with Gasteiger partial charge in [0.15, 0.2) is 6.10 Å². The van der Waals surface area contributed by atoms with E-state index in [1.54, 1.807) is 72.8 Å². The van der Waals surface area contributed by atoms with Crippen molar-refractivity contribution in [1.29, 1.82) is 0 Å². The van der Waals surface area contributed by atoms with Crippen molar-refractivity contribution in [3.8, 4) is 11.5 Å². The van der Waals surface area contributed by atoms with Crippen LogP contribution >= 0.6 is 0 Å². The molecule has 7 nitrogen and oxygen atoms in total. The van der Waals surface area contributed by atoms with Gasteiger partial charge in [-0.25, -0.2) is 8.42 Å². The third-order valence-corrected chi connectivity index (χ3v) is 6.84. The molecule has 3 aromatic carbocycles. The summed E-state index contributed by atoms with van der Waals surface area (Å²) in [6.07, 6.45) is -1.03. The number of aryl methyl sites for hydroxylation is 1. The summed E-state index contributed by atoms with van der Waals surface area (Å²) >= 11 is 0. The number of carbonyl (C=O) groups excluding carboxylic acids is 1. The van der Waals surface area contributed by atoms with Crippen molar-refractivity contribution in [2.24, 2.45) is 0 Å². The fourth-order valence-electron chi connectivity index (χ4n) is 3.46. The molecule has 0 radical (unpaired) electrons. The van der Waals surface area contributed by atoms with E-state index in [0.717, 1.165) is 5.56 Å². The molecule has 1 aliphatic rings. The van der Waals surface area contributed by atoms with Crippen LogP contribution in [-0.4, -0.2) is 33.6 Å². The average Bonchev–Trinajstić information content (AvgIpc) is 2.79. The Labute approximate surface area is 187 Å². The van der Waals surface area contributed by atoms with E-state index in [1.807, 2.05) is 13.8 Å². The number of benzene rings is 3. The summed E-state index contributed by atoms with van der Waals surface area (Å²) in [6, 6.07) is 20.4. The number of rotatable bonds is 6. The topological polar surface area (TPSA) is 84.9 Å². The first-order valence-corrected chi connectivity index (χ1v) is 11.7. The van der Waals surface area contributed by atoms with Crippen LogP contribution in [-0.2, 0) is 14.8 Å². The van der Waals surface area contributed by atoms with Gasteiger partial charge in [-0.1, -0.05) is 35.9 Å². The van der Waals surface area contributed by atoms with Gasteiger partial charge in [0, 0.05) is 11.8 Å². The lowest BCUT2D eigenvalue weighted by Crippen LogP contribution is -2.48. The van der Waals surface area contributed by atoms with Gasteiger partial charge in [0.2, 0.25) is 0 Å². The second-order valence-corrected chi connectivity index (χ2v) is 9.24. The highest BCUT2D eigenvalue weighted by Crippen LogP contribution is 2.37. The minimum Gasteiger partial charge on any atom is -0.494 e. The number of carbonyl (C=O) groups is 1. The molecule has 4 rings (SSSR count). The van der Waals surface area contributed by atoms with Gasteiger partial charge >= 0.3 is 0 Å². The summed E-state index contributed by atoms with van der Waals surface area (Å²) in [4.78, 5) is 13.2. The van der Waals surface area contributed by atoms with Crippen molar-refractivity contribution in [2.75, 3.05) is 22.8 Å². The number of hydrogen-bond acceptors (Lipinski definition) is 5. The number of para-hydroxylation sites is 2. The lowest BCUT2D eigenvalue weighted by atomic mass is 10.2. The van der Waals surface area contributed by atoms with E-state index in [1.165, 1.54) is 4.31 Å². The number of nitrogens with zero attached hydrogens (tertiary/aromatic N) is 1. The monoisotopic (exact) mass is 452 g/mol. The Morgan fingerprint density at radius 2 is 1.84 bits per heavy atom. The molecule has 1 N–H and O–H groups in total. The molecule has 8 heteroatoms. The van der Waals surface area contributed by atoms with Crippen LogP contribution in [0.4, 0.5) is 11.4 Å². The van der Waals surface area contributed by atoms with Crippen LogP contribution in [0.5, 0.6) is 11.5 Å². The van der Waals surface area contributed by atoms with E-state index in [4.69, 9.17) is 9.47 Å². The van der Waals surface area contributed by atoms with Crippen LogP contribution in [0.1, 0.15) is 12.5 Å². The van der Waals surface area contributed by atoms with E-state index < -0.39 is 22.0 Å². The fraction of sp³-hybridized carbons (Fsp3) is 0.208. The number of sulfonamides is 1. The molecule has 0 saturated heterocycles. The number of nitrogens with one attached hydrogen (secondary N) is 1. The zero-order chi connectivity index (χ0) is 22.7. The zero-order valence-electron chi connectivity index (χ0n) is 17.8. The zero-order valence-corrected chi connectivity index (χ0v) is 18.6. The maximum atomic E-state index is 13.4. The van der Waals surface area contributed by atoms with Gasteiger partial charge in [-0.05, 0) is 50.2 Å². The van der Waals surface area contributed by atoms with Gasteiger partial charge in [0.25, 0.3) is 15.9 Å². The molecule has 0 unspecified atom stereocenters. The fourth-order valence-corrected chi connectivity index (χ4v) is 4.93. The van der Waals surface area contributed by atoms with Crippen LogP contribution in [0, 0.1) is 6.92 Å². The van der Waals surface area contributed by atoms with Gasteiger partial charge in [-0.3, -0.25) is 9.10 Å². The third-order valence-electron chi connectivity index (χ3n) is 5.05. The number of fused-ring (bicyclic) bond motifs is 1. The Hall–Kier alpha value is -3.52. The normalized spacial score (nSPS) is 15.4. The van der Waals surface area contributed by atoms with E-state index in [-0.39, 0.29) is 11.4 Å². The molecule has 0 aliphatic carbocycles. The second kappa shape index (κ2) is 8.92. The third kappa shape index (κ3) is 4.40. The Morgan fingerprint density at radius 3 is 2.59 bits per heavy atom. The van der Waals surface area contributed by atoms with E-state index in [0.29, 0.717) is 29.5 Å². The molecule has 1 aliphatic heterocycles. The highest BCUT2D eigenvalue weighted by molar-refractivity contribution is 7.92. The molecular formula is C24H24N2O5S. The van der Waals surface area contributed by atoms with Crippen molar-refractivity contribution in [1.82, 2.24) is 0 Å². The van der Waals surface area contributed by atoms with Crippen molar-refractivity contribution in [2.45, 2.75) is 24.8 Å². The first-order chi connectivity index (χ1) is 15.4. The Bertz CT molecular complexity index is 1230. The molecular weight excluding hydrogens is 428 g/mol. The summed E-state index contributed by atoms with van der Waals surface area (Å²) in [6.45, 7) is 4.12. The summed E-state index contributed by atoms with van der Waals surface area (Å²) in [7, 11) is -3.89. The van der Waals surface area contributed by atoms with Gasteiger partial charge in [0.1, 0.15) is 11.5 Å². The highest BCUT2D eigenvalue weighted by Gasteiger charge is 2.37. The van der Waals surface area contributed by atoms with Crippen LogP contribution in [0.2, 0.25) is 0 Å². The average molecular weight is 453 g/mol. The largest absolute Gasteiger partial charge is 0.494 e. The molecule has 3 aromatic rings. The predicted molar refractivity (Wildman–Crippen MR) is 123 cm³/mol. The Balaban J connectivity index is 1.63. The summed E-state index contributed by atoms with van der Waals surface area (Å²) in [5.41, 5.74) is 1.89. The number of ether oxygens (including phenoxy) is 2. The lowest BCUT2D eigenvalue weighted by Gasteiger charge is -2.34. The first kappa shape index (κ1) is 21.7. The van der Waals surface area contributed by atoms with Gasteiger partial charge in [-0.15, -0.1) is 0 Å². The molecule has 1 amide bonds. The van der Waals surface area contributed by atoms with Crippen LogP contribution in [0.3, 0.4) is 0 Å². The molecule has 1 heterocycles. The van der Waals surface area contributed by atoms with Crippen molar-refractivity contribution >= 4 is 27.3 Å². The van der Waals surface area contributed by atoms with Gasteiger partial charge < -0.3 is 14.8 Å². The van der Waals surface area contributed by atoms with E-state index >= 15 is 0 Å². The lowest BCUT2D eigenvalue weighted by molar-refractivity contribution is -0.122. The number of hydrogen-bond donors (Lipinski definition) is 1. The highest BCUT2D eigenvalue weighted by atomic mass is 32.2. The van der Waals surface area contributed by atoms with Crippen LogP contribution in [0.25, 0.3) is 0 Å². The number of amides is 1. The molecule has 166 valence electrons. The van der Waals surface area contributed by atoms with Crippen molar-refractivity contribution in [3.05, 3.63) is 78.4 Å². The Kier molecular flexibility index (Phi) is 6.05. The van der Waals surface area contributed by atoms with Gasteiger partial charge in [-0.2, -0.15) is 0 Å². The number of anilines is 2. The maximum absolute atomic E-state index is 13.4. The second-order valence-electron chi connectivity index (χ2n) is 7.37. The molecule has 0 saturated carbocycles. The quantitative estimate of drug-likeness (QED) is 0.611. The molecule has 0 fully saturated rings. The smallest absolute Gasteiger partial charge is 0.267 e. The predicted octanol–water partition coefficient (Wildman–Crippen LogP) is 3.99. The molecule has 0 bridgehead atoms. The van der Waals surface area contributed by atoms with Crippen molar-refractivity contribution in [3.63, 3.8) is 0 Å². The summed E-state index contributed by atoms with van der Waals surface area (Å²) in [5.74, 6) is 0.513. The van der Waals surface area contributed by atoms with Crippen LogP contribution in [0.15, 0.2) is 77.7 Å². The Morgan fingerprint density at radius 1 is 1.09 bits per heavy atom. The molecule has 32 heavy (non-hydrogen) atoms. The molecule has 0 spiro atoms. The summed E-state index contributed by atoms with van der Waals surface area (Å²) < 4.78 is 39.4. The standard InChI is InChI=1S/C24H24N2O5S/c1-3-30-19-8-6-7-18(15-19)25-24(27)23-16-26(21-9-4-5-10-22(21)31-23)32(28,29)20-13-11-17(2)12-14-20/h4-15,23H,3,16H2,1-2H3,(H,25,27)/t23-/m0/s1. The minimum absolute atomic E-state index is 0.149. The molecule has 1 atom stereocenters. The van der Waals surface area contributed by atoms with Crippen LogP contribution < -0.4 is 19.1 Å². The van der Waals surface area contributed by atoms with E-state index in [9.17, 15) is 13.2 Å². The van der Waals surface area contributed by atoms with Gasteiger partial charge in [0.05, 0.1) is 23.7 Å². The maximum Gasteiger partial charge on any atom is 0.267 e. The minimum atomic E-state index is -3.89.